The van der Waals surface area contributed by atoms with Crippen molar-refractivity contribution >= 4 is 5.84 Å². The van der Waals surface area contributed by atoms with Crippen molar-refractivity contribution in [2.75, 3.05) is 0 Å². The van der Waals surface area contributed by atoms with E-state index in [2.05, 4.69) is 15.6 Å². The van der Waals surface area contributed by atoms with E-state index in [0.29, 0.717) is 12.3 Å². The summed E-state index contributed by atoms with van der Waals surface area (Å²) in [5, 5.41) is 3.43. The first kappa shape index (κ1) is 12.2. The summed E-state index contributed by atoms with van der Waals surface area (Å²) in [6.07, 6.45) is 0. The molecule has 0 spiro atoms. The smallest absolute Gasteiger partial charge is 0.219 e. The Hall–Kier alpha value is -2.25. The molecule has 0 saturated carbocycles. The quantitative estimate of drug-likeness (QED) is 0.636. The highest BCUT2D eigenvalue weighted by atomic mass is 16.8. The third kappa shape index (κ3) is 2.70. The van der Waals surface area contributed by atoms with Crippen LogP contribution in [0.2, 0.25) is 0 Å². The van der Waals surface area contributed by atoms with Crippen molar-refractivity contribution in [3.8, 4) is 0 Å². The summed E-state index contributed by atoms with van der Waals surface area (Å²) in [6, 6.07) is 7.94. The van der Waals surface area contributed by atoms with Crippen LogP contribution in [0.1, 0.15) is 11.1 Å². The fourth-order valence-electron chi connectivity index (χ4n) is 1.44. The number of rotatable bonds is 4. The van der Waals surface area contributed by atoms with Crippen molar-refractivity contribution in [2.45, 2.75) is 13.5 Å². The van der Waals surface area contributed by atoms with Crippen molar-refractivity contribution < 1.29 is 15.3 Å². The number of nitrogens with two attached hydrogens (primary N) is 3. The molecule has 1 aliphatic heterocycles. The van der Waals surface area contributed by atoms with Gasteiger partial charge in [-0.25, -0.2) is 0 Å². The van der Waals surface area contributed by atoms with Crippen molar-refractivity contribution in [1.29, 1.82) is 0 Å². The molecule has 7 heteroatoms. The molecule has 0 fully saturated rings. The third-order valence-corrected chi connectivity index (χ3v) is 2.50. The molecule has 1 aromatic carbocycles. The molecule has 2 rings (SSSR count). The lowest BCUT2D eigenvalue weighted by Crippen LogP contribution is -2.83. The molecule has 0 radical (unpaired) electrons. The molecule has 0 aliphatic carbocycles. The summed E-state index contributed by atoms with van der Waals surface area (Å²) in [4.78, 5) is 9.84. The van der Waals surface area contributed by atoms with Crippen LogP contribution in [-0.2, 0) is 16.4 Å². The minimum atomic E-state index is 0.142. The van der Waals surface area contributed by atoms with Crippen molar-refractivity contribution in [1.82, 2.24) is 0 Å². The molecular weight excluding hydrogens is 234 g/mol. The van der Waals surface area contributed by atoms with Gasteiger partial charge in [-0.3, -0.25) is 0 Å². The van der Waals surface area contributed by atoms with E-state index in [1.165, 1.54) is 5.48 Å². The standard InChI is InChI=1S/C11H14N5O2/c1-7-4-2-3-5-8(7)6-17-15-10(12)9-11(13)16-18-14-9/h2-5,15H,6,12H2,1H3,(H2,13,16)/q-1/p+1. The average molecular weight is 249 g/mol. The Balaban J connectivity index is 1.90. The van der Waals surface area contributed by atoms with Gasteiger partial charge < -0.3 is 21.9 Å². The Labute approximate surface area is 104 Å². The summed E-state index contributed by atoms with van der Waals surface area (Å²) in [7, 11) is 0. The van der Waals surface area contributed by atoms with Gasteiger partial charge in [0.2, 0.25) is 5.82 Å². The predicted molar refractivity (Wildman–Crippen MR) is 65.2 cm³/mol. The van der Waals surface area contributed by atoms with Crippen LogP contribution in [0.15, 0.2) is 40.9 Å². The van der Waals surface area contributed by atoms with Crippen LogP contribution in [0.4, 0.5) is 0 Å². The molecule has 1 heterocycles. The fourth-order valence-corrected chi connectivity index (χ4v) is 1.44. The molecule has 0 saturated heterocycles. The Morgan fingerprint density at radius 1 is 1.50 bits per heavy atom. The van der Waals surface area contributed by atoms with Crippen molar-refractivity contribution in [2.24, 2.45) is 16.6 Å². The summed E-state index contributed by atoms with van der Waals surface area (Å²) in [5.41, 5.74) is 18.7. The highest BCUT2D eigenvalue weighted by Crippen LogP contribution is 2.14. The molecule has 0 unspecified atom stereocenters. The second-order valence-corrected chi connectivity index (χ2v) is 3.81. The zero-order valence-electron chi connectivity index (χ0n) is 9.96. The van der Waals surface area contributed by atoms with E-state index in [-0.39, 0.29) is 11.7 Å². The van der Waals surface area contributed by atoms with Gasteiger partial charge in [0, 0.05) is 5.70 Å². The van der Waals surface area contributed by atoms with E-state index < -0.39 is 0 Å². The fraction of sp³-hybridized carbons (Fsp3) is 0.182. The monoisotopic (exact) mass is 249 g/mol. The third-order valence-electron chi connectivity index (χ3n) is 2.50. The van der Waals surface area contributed by atoms with Gasteiger partial charge in [0.05, 0.1) is 0 Å². The average Bonchev–Trinajstić information content (AvgIpc) is 2.78. The van der Waals surface area contributed by atoms with E-state index in [4.69, 9.17) is 16.3 Å². The molecule has 0 aromatic heterocycles. The molecular formula is C11H15N5O2. The van der Waals surface area contributed by atoms with Crippen LogP contribution < -0.4 is 16.9 Å². The number of benzene rings is 1. The molecule has 7 nitrogen and oxygen atoms in total. The maximum Gasteiger partial charge on any atom is 0.219 e. The predicted octanol–water partition coefficient (Wildman–Crippen LogP) is -0.291. The lowest BCUT2D eigenvalue weighted by molar-refractivity contribution is -0.867. The van der Waals surface area contributed by atoms with E-state index in [0.717, 1.165) is 11.1 Å². The van der Waals surface area contributed by atoms with Gasteiger partial charge in [-0.2, -0.15) is 10.3 Å². The summed E-state index contributed by atoms with van der Waals surface area (Å²) in [6.45, 7) is 2.45. The molecule has 18 heavy (non-hydrogen) atoms. The Morgan fingerprint density at radius 3 is 2.94 bits per heavy atom. The lowest BCUT2D eigenvalue weighted by atomic mass is 10.1. The molecule has 96 valence electrons. The van der Waals surface area contributed by atoms with Gasteiger partial charge in [0.15, 0.2) is 5.84 Å². The zero-order chi connectivity index (χ0) is 13.0. The maximum absolute atomic E-state index is 5.74. The van der Waals surface area contributed by atoms with Gasteiger partial charge in [-0.05, 0) is 18.1 Å². The summed E-state index contributed by atoms with van der Waals surface area (Å²) < 4.78 is 0. The SMILES string of the molecule is Cc1ccccc1CO[NH2+]C(N)=C1[N-]ON=C1N. The largest absolute Gasteiger partial charge is 0.470 e. The van der Waals surface area contributed by atoms with Crippen LogP contribution in [0, 0.1) is 6.92 Å². The number of quaternary nitrogens is 1. The first-order chi connectivity index (χ1) is 8.68. The Morgan fingerprint density at radius 2 is 2.28 bits per heavy atom. The molecule has 1 aliphatic rings. The van der Waals surface area contributed by atoms with E-state index >= 15 is 0 Å². The Bertz CT molecular complexity index is 498. The highest BCUT2D eigenvalue weighted by Gasteiger charge is 2.09. The molecule has 0 bridgehead atoms. The zero-order valence-corrected chi connectivity index (χ0v) is 9.96. The van der Waals surface area contributed by atoms with Crippen molar-refractivity contribution in [3.63, 3.8) is 0 Å². The summed E-state index contributed by atoms with van der Waals surface area (Å²) in [5.74, 6) is 0.422. The molecule has 1 aromatic rings. The number of nitrogens with zero attached hydrogens (tertiary/aromatic N) is 2. The summed E-state index contributed by atoms with van der Waals surface area (Å²) >= 11 is 0. The number of amidine groups is 1. The second kappa shape index (κ2) is 5.39. The first-order valence-electron chi connectivity index (χ1n) is 5.38. The first-order valence-corrected chi connectivity index (χ1v) is 5.38. The van der Waals surface area contributed by atoms with Gasteiger partial charge in [0.25, 0.3) is 0 Å². The number of aryl methyl sites for hydroxylation is 1. The number of hydroxylamine groups is 2. The van der Waals surface area contributed by atoms with E-state index in [1.54, 1.807) is 0 Å². The van der Waals surface area contributed by atoms with Gasteiger partial charge in [-0.15, -0.1) is 0 Å². The van der Waals surface area contributed by atoms with Crippen LogP contribution in [0.5, 0.6) is 0 Å². The van der Waals surface area contributed by atoms with E-state index in [9.17, 15) is 0 Å². The van der Waals surface area contributed by atoms with Gasteiger partial charge in [0.1, 0.15) is 6.61 Å². The van der Waals surface area contributed by atoms with E-state index in [1.807, 2.05) is 31.2 Å². The second-order valence-electron chi connectivity index (χ2n) is 3.81. The Kier molecular flexibility index (Phi) is 3.66. The topological polar surface area (TPSA) is 114 Å². The van der Waals surface area contributed by atoms with Crippen LogP contribution in [0.3, 0.4) is 0 Å². The van der Waals surface area contributed by atoms with Crippen LogP contribution in [0.25, 0.3) is 5.48 Å². The van der Waals surface area contributed by atoms with Crippen LogP contribution in [-0.4, -0.2) is 5.84 Å². The highest BCUT2D eigenvalue weighted by molar-refractivity contribution is 6.00. The molecule has 6 N–H and O–H groups in total. The molecule has 0 atom stereocenters. The van der Waals surface area contributed by atoms with Gasteiger partial charge in [-0.1, -0.05) is 29.4 Å². The maximum atomic E-state index is 5.74. The van der Waals surface area contributed by atoms with Crippen molar-refractivity contribution in [3.05, 3.63) is 52.4 Å². The number of hydrogen-bond acceptors (Lipinski definition) is 5. The van der Waals surface area contributed by atoms with Crippen LogP contribution >= 0.6 is 0 Å². The lowest BCUT2D eigenvalue weighted by Gasteiger charge is -2.12. The normalized spacial score (nSPS) is 16.8. The number of oxime groups is 1. The van der Waals surface area contributed by atoms with Gasteiger partial charge >= 0.3 is 0 Å². The molecule has 0 amide bonds. The number of hydrogen-bond donors (Lipinski definition) is 3. The minimum absolute atomic E-state index is 0.142. The minimum Gasteiger partial charge on any atom is -0.470 e.